The van der Waals surface area contributed by atoms with Crippen LogP contribution in [0.25, 0.3) is 0 Å². The molecule has 1 aromatic rings. The molecule has 98 valence electrons. The summed E-state index contributed by atoms with van der Waals surface area (Å²) < 4.78 is 19.3. The Morgan fingerprint density at radius 2 is 2.28 bits per heavy atom. The molecule has 0 heterocycles. The van der Waals surface area contributed by atoms with Crippen LogP contribution >= 0.6 is 15.9 Å². The molecular formula is C12H14BrFN2O2. The van der Waals surface area contributed by atoms with Gasteiger partial charge in [0.1, 0.15) is 17.4 Å². The standard InChI is InChI=1S/C12H14BrFN2O2/c13-9-2-1-8(5-10(9)14)18-7-12(3-4-12)6-11(15)16-17/h1-2,5,17H,3-4,6-7H2,(H2,15,16). The number of amidine groups is 1. The molecule has 1 aromatic carbocycles. The first-order valence-electron chi connectivity index (χ1n) is 5.59. The van der Waals surface area contributed by atoms with Gasteiger partial charge in [-0.15, -0.1) is 0 Å². The highest BCUT2D eigenvalue weighted by Gasteiger charge is 2.44. The zero-order valence-electron chi connectivity index (χ0n) is 9.70. The largest absolute Gasteiger partial charge is 0.493 e. The number of nitrogens with two attached hydrogens (primary N) is 1. The molecule has 1 aliphatic rings. The summed E-state index contributed by atoms with van der Waals surface area (Å²) in [6, 6.07) is 4.64. The van der Waals surface area contributed by atoms with Crippen LogP contribution in [0.4, 0.5) is 4.39 Å². The number of hydrogen-bond donors (Lipinski definition) is 2. The maximum absolute atomic E-state index is 13.3. The van der Waals surface area contributed by atoms with Gasteiger partial charge in [-0.25, -0.2) is 4.39 Å². The maximum atomic E-state index is 13.3. The first kappa shape index (κ1) is 13.1. The molecule has 1 fully saturated rings. The van der Waals surface area contributed by atoms with Crippen LogP contribution in [-0.2, 0) is 0 Å². The third kappa shape index (κ3) is 3.13. The molecule has 0 bridgehead atoms. The Balaban J connectivity index is 1.93. The maximum Gasteiger partial charge on any atom is 0.141 e. The molecule has 1 saturated carbocycles. The summed E-state index contributed by atoms with van der Waals surface area (Å²) in [7, 11) is 0. The van der Waals surface area contributed by atoms with Crippen molar-refractivity contribution in [3.63, 3.8) is 0 Å². The summed E-state index contributed by atoms with van der Waals surface area (Å²) >= 11 is 3.08. The van der Waals surface area contributed by atoms with Crippen molar-refractivity contribution in [3.05, 3.63) is 28.5 Å². The Hall–Kier alpha value is -1.30. The predicted molar refractivity (Wildman–Crippen MR) is 69.3 cm³/mol. The van der Waals surface area contributed by atoms with E-state index in [2.05, 4.69) is 21.1 Å². The number of hydrogen-bond acceptors (Lipinski definition) is 3. The average Bonchev–Trinajstić information content (AvgIpc) is 3.11. The van der Waals surface area contributed by atoms with Crippen LogP contribution in [0.15, 0.2) is 27.8 Å². The van der Waals surface area contributed by atoms with Gasteiger partial charge in [-0.3, -0.25) is 0 Å². The van der Waals surface area contributed by atoms with Crippen LogP contribution in [-0.4, -0.2) is 17.6 Å². The molecule has 0 spiro atoms. The minimum Gasteiger partial charge on any atom is -0.493 e. The van der Waals surface area contributed by atoms with E-state index in [1.54, 1.807) is 12.1 Å². The van der Waals surface area contributed by atoms with E-state index in [1.807, 2.05) is 0 Å². The van der Waals surface area contributed by atoms with E-state index in [0.717, 1.165) is 12.8 Å². The highest BCUT2D eigenvalue weighted by molar-refractivity contribution is 9.10. The Labute approximate surface area is 113 Å². The lowest BCUT2D eigenvalue weighted by Crippen LogP contribution is -2.22. The van der Waals surface area contributed by atoms with Crippen LogP contribution in [0, 0.1) is 11.2 Å². The van der Waals surface area contributed by atoms with Gasteiger partial charge in [-0.1, -0.05) is 5.16 Å². The van der Waals surface area contributed by atoms with Gasteiger partial charge in [0.15, 0.2) is 0 Å². The number of oxime groups is 1. The fourth-order valence-corrected chi connectivity index (χ4v) is 2.02. The van der Waals surface area contributed by atoms with Gasteiger partial charge < -0.3 is 15.7 Å². The van der Waals surface area contributed by atoms with E-state index < -0.39 is 0 Å². The Morgan fingerprint density at radius 1 is 1.56 bits per heavy atom. The first-order chi connectivity index (χ1) is 8.54. The molecule has 0 aromatic heterocycles. The molecule has 0 atom stereocenters. The summed E-state index contributed by atoms with van der Waals surface area (Å²) in [4.78, 5) is 0. The number of ether oxygens (including phenoxy) is 1. The van der Waals surface area contributed by atoms with E-state index >= 15 is 0 Å². The van der Waals surface area contributed by atoms with Crippen LogP contribution in [0.3, 0.4) is 0 Å². The molecule has 0 saturated heterocycles. The summed E-state index contributed by atoms with van der Waals surface area (Å²) in [5, 5.41) is 11.5. The highest BCUT2D eigenvalue weighted by atomic mass is 79.9. The van der Waals surface area contributed by atoms with Gasteiger partial charge in [0.2, 0.25) is 0 Å². The second-order valence-corrected chi connectivity index (χ2v) is 5.49. The molecule has 3 N–H and O–H groups in total. The van der Waals surface area contributed by atoms with Gasteiger partial charge in [-0.05, 0) is 40.9 Å². The van der Waals surface area contributed by atoms with Crippen molar-refractivity contribution in [2.45, 2.75) is 19.3 Å². The second-order valence-electron chi connectivity index (χ2n) is 4.63. The zero-order chi connectivity index (χ0) is 13.2. The lowest BCUT2D eigenvalue weighted by molar-refractivity contribution is 0.235. The van der Waals surface area contributed by atoms with E-state index in [0.29, 0.717) is 23.2 Å². The molecule has 0 amide bonds. The van der Waals surface area contributed by atoms with Crippen molar-refractivity contribution in [1.82, 2.24) is 0 Å². The van der Waals surface area contributed by atoms with Crippen LogP contribution < -0.4 is 10.5 Å². The van der Waals surface area contributed by atoms with Gasteiger partial charge in [-0.2, -0.15) is 0 Å². The van der Waals surface area contributed by atoms with Crippen molar-refractivity contribution in [2.24, 2.45) is 16.3 Å². The first-order valence-corrected chi connectivity index (χ1v) is 6.38. The van der Waals surface area contributed by atoms with Crippen molar-refractivity contribution in [1.29, 1.82) is 0 Å². The van der Waals surface area contributed by atoms with Crippen molar-refractivity contribution < 1.29 is 14.3 Å². The normalized spacial score (nSPS) is 17.6. The van der Waals surface area contributed by atoms with Gasteiger partial charge in [0.05, 0.1) is 11.1 Å². The minimum atomic E-state index is -0.353. The third-order valence-electron chi connectivity index (χ3n) is 3.08. The average molecular weight is 317 g/mol. The molecule has 18 heavy (non-hydrogen) atoms. The molecule has 2 rings (SSSR count). The summed E-state index contributed by atoms with van der Waals surface area (Å²) in [6.45, 7) is 0.449. The topological polar surface area (TPSA) is 67.8 Å². The summed E-state index contributed by atoms with van der Waals surface area (Å²) in [5.41, 5.74) is 5.43. The van der Waals surface area contributed by atoms with E-state index in [1.165, 1.54) is 6.07 Å². The molecule has 1 aliphatic carbocycles. The Bertz CT molecular complexity index is 475. The highest BCUT2D eigenvalue weighted by Crippen LogP contribution is 2.49. The second kappa shape index (κ2) is 5.14. The monoisotopic (exact) mass is 316 g/mol. The number of nitrogens with zero attached hydrogens (tertiary/aromatic N) is 1. The van der Waals surface area contributed by atoms with Gasteiger partial charge >= 0.3 is 0 Å². The summed E-state index contributed by atoms with van der Waals surface area (Å²) in [6.07, 6.45) is 2.45. The quantitative estimate of drug-likeness (QED) is 0.380. The SMILES string of the molecule is NC(CC1(COc2ccc(Br)c(F)c2)CC1)=NO. The predicted octanol–water partition coefficient (Wildman–Crippen LogP) is 2.88. The molecule has 4 nitrogen and oxygen atoms in total. The van der Waals surface area contributed by atoms with Crippen molar-refractivity contribution in [3.8, 4) is 5.75 Å². The van der Waals surface area contributed by atoms with Crippen molar-refractivity contribution in [2.75, 3.05) is 6.61 Å². The Kier molecular flexibility index (Phi) is 3.75. The number of rotatable bonds is 5. The van der Waals surface area contributed by atoms with Crippen LogP contribution in [0.5, 0.6) is 5.75 Å². The molecule has 6 heteroatoms. The lowest BCUT2D eigenvalue weighted by atomic mass is 10.0. The van der Waals surface area contributed by atoms with Crippen molar-refractivity contribution >= 4 is 21.8 Å². The van der Waals surface area contributed by atoms with Gasteiger partial charge in [0.25, 0.3) is 0 Å². The van der Waals surface area contributed by atoms with Gasteiger partial charge in [0, 0.05) is 17.9 Å². The summed E-state index contributed by atoms with van der Waals surface area (Å²) in [5.74, 6) is 0.341. The molecular weight excluding hydrogens is 303 g/mol. The van der Waals surface area contributed by atoms with E-state index in [-0.39, 0.29) is 17.1 Å². The molecule has 0 aliphatic heterocycles. The molecule has 0 unspecified atom stereocenters. The fraction of sp³-hybridized carbons (Fsp3) is 0.417. The fourth-order valence-electron chi connectivity index (χ4n) is 1.77. The minimum absolute atomic E-state index is 0.0557. The van der Waals surface area contributed by atoms with E-state index in [4.69, 9.17) is 15.7 Å². The third-order valence-corrected chi connectivity index (χ3v) is 3.72. The van der Waals surface area contributed by atoms with Crippen LogP contribution in [0.2, 0.25) is 0 Å². The lowest BCUT2D eigenvalue weighted by Gasteiger charge is -2.15. The number of benzene rings is 1. The Morgan fingerprint density at radius 3 is 2.83 bits per heavy atom. The smallest absolute Gasteiger partial charge is 0.141 e. The molecule has 0 radical (unpaired) electrons. The zero-order valence-corrected chi connectivity index (χ0v) is 11.3. The number of halogens is 2. The van der Waals surface area contributed by atoms with Crippen LogP contribution in [0.1, 0.15) is 19.3 Å². The van der Waals surface area contributed by atoms with E-state index in [9.17, 15) is 4.39 Å².